The first kappa shape index (κ1) is 12.4. The first-order valence-corrected chi connectivity index (χ1v) is 5.95. The average molecular weight is 248 g/mol. The quantitative estimate of drug-likeness (QED) is 0.645. The number of benzene rings is 1. The monoisotopic (exact) mass is 248 g/mol. The molecule has 0 atom stereocenters. The van der Waals surface area contributed by atoms with E-state index in [1.165, 1.54) is 6.92 Å². The lowest BCUT2D eigenvalue weighted by Gasteiger charge is -2.06. The highest BCUT2D eigenvalue weighted by atomic mass is 32.2. The molecule has 0 saturated carbocycles. The summed E-state index contributed by atoms with van der Waals surface area (Å²) in [6, 6.07) is 2.63. The van der Waals surface area contributed by atoms with Gasteiger partial charge in [-0.15, -0.1) is 0 Å². The average Bonchev–Trinajstić information content (AvgIpc) is 2.21. The molecule has 1 aromatic carbocycles. The minimum absolute atomic E-state index is 0.241. The van der Waals surface area contributed by atoms with E-state index >= 15 is 0 Å². The Labute approximate surface area is 91.3 Å². The van der Waals surface area contributed by atoms with E-state index in [2.05, 4.69) is 0 Å². The highest BCUT2D eigenvalue weighted by Gasteiger charge is 2.14. The normalized spacial score (nSPS) is 11.1. The molecule has 1 aromatic rings. The topological polar surface area (TPSA) is 89.3 Å². The second kappa shape index (κ2) is 4.44. The van der Waals surface area contributed by atoms with Gasteiger partial charge in [-0.2, -0.15) is 0 Å². The van der Waals surface area contributed by atoms with Crippen LogP contribution < -0.4 is 4.72 Å². The van der Waals surface area contributed by atoms with Gasteiger partial charge in [-0.25, -0.2) is 12.8 Å². The highest BCUT2D eigenvalue weighted by Crippen LogP contribution is 2.22. The molecule has 0 aliphatic heterocycles. The fraction of sp³-hybridized carbons (Fsp3) is 0.250. The zero-order chi connectivity index (χ0) is 12.3. The summed E-state index contributed by atoms with van der Waals surface area (Å²) >= 11 is 0. The van der Waals surface area contributed by atoms with Gasteiger partial charge in [0.15, 0.2) is 0 Å². The molecule has 8 heteroatoms. The van der Waals surface area contributed by atoms with Crippen LogP contribution in [0.25, 0.3) is 0 Å². The van der Waals surface area contributed by atoms with Gasteiger partial charge in [0, 0.05) is 12.1 Å². The first-order valence-electron chi connectivity index (χ1n) is 4.30. The number of nitrogens with zero attached hydrogens (tertiary/aromatic N) is 1. The minimum atomic E-state index is -3.65. The van der Waals surface area contributed by atoms with Crippen LogP contribution in [0.5, 0.6) is 0 Å². The number of rotatable bonds is 4. The Bertz CT molecular complexity index is 515. The molecule has 0 heterocycles. The third-order valence-corrected chi connectivity index (χ3v) is 3.10. The van der Waals surface area contributed by atoms with E-state index < -0.39 is 26.5 Å². The molecule has 0 aliphatic carbocycles. The molecule has 6 nitrogen and oxygen atoms in total. The molecule has 0 fully saturated rings. The molecule has 1 N–H and O–H groups in total. The van der Waals surface area contributed by atoms with Gasteiger partial charge >= 0.3 is 0 Å². The van der Waals surface area contributed by atoms with Crippen LogP contribution >= 0.6 is 0 Å². The summed E-state index contributed by atoms with van der Waals surface area (Å²) in [5.74, 6) is -1.10. The van der Waals surface area contributed by atoms with Crippen molar-refractivity contribution in [2.45, 2.75) is 6.92 Å². The maximum Gasteiger partial charge on any atom is 0.271 e. The standard InChI is InChI=1S/C8H9FN2O4S/c1-2-16(14,15)10-8-5-6(11(12)13)3-4-7(8)9/h3-5,10H,2H2,1H3. The summed E-state index contributed by atoms with van der Waals surface area (Å²) in [5.41, 5.74) is -0.800. The molecule has 0 amide bonds. The van der Waals surface area contributed by atoms with Crippen LogP contribution in [-0.4, -0.2) is 19.1 Å². The lowest BCUT2D eigenvalue weighted by atomic mass is 10.3. The molecule has 0 aromatic heterocycles. The third kappa shape index (κ3) is 2.89. The number of halogens is 1. The number of sulfonamides is 1. The van der Waals surface area contributed by atoms with Crippen molar-refractivity contribution in [1.29, 1.82) is 0 Å². The zero-order valence-corrected chi connectivity index (χ0v) is 9.12. The molecule has 1 rings (SSSR count). The maximum atomic E-state index is 13.2. The van der Waals surface area contributed by atoms with Crippen molar-refractivity contribution in [3.63, 3.8) is 0 Å². The molecule has 88 valence electrons. The molecule has 0 radical (unpaired) electrons. The van der Waals surface area contributed by atoms with E-state index in [1.54, 1.807) is 0 Å². The number of nitrogens with one attached hydrogen (secondary N) is 1. The smallest absolute Gasteiger partial charge is 0.271 e. The second-order valence-corrected chi connectivity index (χ2v) is 4.94. The Morgan fingerprint density at radius 1 is 1.50 bits per heavy atom. The minimum Gasteiger partial charge on any atom is -0.280 e. The van der Waals surface area contributed by atoms with Gasteiger partial charge < -0.3 is 0 Å². The summed E-state index contributed by atoms with van der Waals surface area (Å²) in [7, 11) is -3.65. The van der Waals surface area contributed by atoms with Gasteiger partial charge in [0.2, 0.25) is 10.0 Å². The van der Waals surface area contributed by atoms with Crippen LogP contribution in [-0.2, 0) is 10.0 Å². The van der Waals surface area contributed by atoms with Crippen LogP contribution in [0.4, 0.5) is 15.8 Å². The summed E-state index contributed by atoms with van der Waals surface area (Å²) in [5, 5.41) is 10.4. The van der Waals surface area contributed by atoms with Crippen molar-refractivity contribution in [2.24, 2.45) is 0 Å². The second-order valence-electron chi connectivity index (χ2n) is 2.93. The summed E-state index contributed by atoms with van der Waals surface area (Å²) in [6.07, 6.45) is 0. The van der Waals surface area contributed by atoms with E-state index in [-0.39, 0.29) is 11.4 Å². The van der Waals surface area contributed by atoms with Crippen molar-refractivity contribution >= 4 is 21.4 Å². The number of hydrogen-bond donors (Lipinski definition) is 1. The Kier molecular flexibility index (Phi) is 3.43. The number of hydrogen-bond acceptors (Lipinski definition) is 4. The lowest BCUT2D eigenvalue weighted by Crippen LogP contribution is -2.15. The van der Waals surface area contributed by atoms with Crippen LogP contribution in [0.15, 0.2) is 18.2 Å². The van der Waals surface area contributed by atoms with Crippen LogP contribution in [0.2, 0.25) is 0 Å². The van der Waals surface area contributed by atoms with Gasteiger partial charge in [0.05, 0.1) is 16.4 Å². The Hall–Kier alpha value is -1.70. The Balaban J connectivity index is 3.13. The molecule has 0 saturated heterocycles. The number of non-ortho nitro benzene ring substituents is 1. The van der Waals surface area contributed by atoms with Gasteiger partial charge in [-0.1, -0.05) is 0 Å². The largest absolute Gasteiger partial charge is 0.280 e. The van der Waals surface area contributed by atoms with E-state index in [9.17, 15) is 22.9 Å². The molecule has 0 aliphatic rings. The summed E-state index contributed by atoms with van der Waals surface area (Å²) < 4.78 is 37.4. The van der Waals surface area contributed by atoms with Gasteiger partial charge in [-0.3, -0.25) is 14.8 Å². The van der Waals surface area contributed by atoms with Gasteiger partial charge in [0.25, 0.3) is 5.69 Å². The van der Waals surface area contributed by atoms with Crippen molar-refractivity contribution in [3.05, 3.63) is 34.1 Å². The highest BCUT2D eigenvalue weighted by molar-refractivity contribution is 7.92. The van der Waals surface area contributed by atoms with E-state index in [1.807, 2.05) is 4.72 Å². The first-order chi connectivity index (χ1) is 7.35. The van der Waals surface area contributed by atoms with Gasteiger partial charge in [0.1, 0.15) is 5.82 Å². The van der Waals surface area contributed by atoms with Crippen LogP contribution in [0.3, 0.4) is 0 Å². The lowest BCUT2D eigenvalue weighted by molar-refractivity contribution is -0.384. The molecule has 16 heavy (non-hydrogen) atoms. The fourth-order valence-electron chi connectivity index (χ4n) is 0.945. The molecule has 0 bridgehead atoms. The molecular weight excluding hydrogens is 239 g/mol. The predicted molar refractivity (Wildman–Crippen MR) is 56.1 cm³/mol. The number of nitro benzene ring substituents is 1. The maximum absolute atomic E-state index is 13.2. The van der Waals surface area contributed by atoms with Crippen LogP contribution in [0.1, 0.15) is 6.92 Å². The summed E-state index contributed by atoms with van der Waals surface area (Å²) in [6.45, 7) is 1.37. The van der Waals surface area contributed by atoms with Crippen molar-refractivity contribution in [3.8, 4) is 0 Å². The SMILES string of the molecule is CCS(=O)(=O)Nc1cc([N+](=O)[O-])ccc1F. The van der Waals surface area contributed by atoms with Crippen LogP contribution in [0, 0.1) is 15.9 Å². The Morgan fingerprint density at radius 2 is 2.12 bits per heavy atom. The molecule has 0 spiro atoms. The summed E-state index contributed by atoms with van der Waals surface area (Å²) in [4.78, 5) is 9.67. The van der Waals surface area contributed by atoms with Crippen molar-refractivity contribution in [1.82, 2.24) is 0 Å². The fourth-order valence-corrected chi connectivity index (χ4v) is 1.58. The number of anilines is 1. The van der Waals surface area contributed by atoms with E-state index in [0.29, 0.717) is 0 Å². The van der Waals surface area contributed by atoms with E-state index in [4.69, 9.17) is 0 Å². The Morgan fingerprint density at radius 3 is 2.62 bits per heavy atom. The third-order valence-electron chi connectivity index (χ3n) is 1.81. The van der Waals surface area contributed by atoms with Gasteiger partial charge in [-0.05, 0) is 13.0 Å². The predicted octanol–water partition coefficient (Wildman–Crippen LogP) is 1.50. The molecular formula is C8H9FN2O4S. The van der Waals surface area contributed by atoms with E-state index in [0.717, 1.165) is 18.2 Å². The molecule has 0 unspecified atom stereocenters. The zero-order valence-electron chi connectivity index (χ0n) is 8.31. The van der Waals surface area contributed by atoms with Crippen molar-refractivity contribution in [2.75, 3.05) is 10.5 Å². The number of nitro groups is 1. The van der Waals surface area contributed by atoms with Crippen molar-refractivity contribution < 1.29 is 17.7 Å².